The standard InChI is InChI=1S/C28H31Cl2N3O4S/c1-4-25(28(35)31-20(2)3)32(18-21-11-7-5-8-12-21)27(34)19-33(26-17-22(29)15-16-24(26)30)38(36,37)23-13-9-6-10-14-23/h5-17,20,25H,4,18-19H2,1-3H3,(H,31,35). The van der Waals surface area contributed by atoms with Crippen molar-refractivity contribution in [1.29, 1.82) is 0 Å². The largest absolute Gasteiger partial charge is 0.352 e. The lowest BCUT2D eigenvalue weighted by Gasteiger charge is -2.33. The lowest BCUT2D eigenvalue weighted by molar-refractivity contribution is -0.140. The summed E-state index contributed by atoms with van der Waals surface area (Å²) in [5.41, 5.74) is 0.866. The Morgan fingerprint density at radius 2 is 1.53 bits per heavy atom. The lowest BCUT2D eigenvalue weighted by Crippen LogP contribution is -2.53. The van der Waals surface area contributed by atoms with Crippen molar-refractivity contribution in [1.82, 2.24) is 10.2 Å². The fourth-order valence-electron chi connectivity index (χ4n) is 3.99. The fourth-order valence-corrected chi connectivity index (χ4v) is 5.87. The van der Waals surface area contributed by atoms with Gasteiger partial charge in [0.05, 0.1) is 15.6 Å². The zero-order chi connectivity index (χ0) is 27.9. The van der Waals surface area contributed by atoms with Gasteiger partial charge in [0, 0.05) is 17.6 Å². The van der Waals surface area contributed by atoms with Crippen LogP contribution in [0.3, 0.4) is 0 Å². The monoisotopic (exact) mass is 575 g/mol. The molecule has 0 radical (unpaired) electrons. The van der Waals surface area contributed by atoms with Crippen molar-refractivity contribution >= 4 is 50.7 Å². The van der Waals surface area contributed by atoms with Crippen LogP contribution in [0.25, 0.3) is 0 Å². The van der Waals surface area contributed by atoms with Gasteiger partial charge in [-0.1, -0.05) is 78.7 Å². The summed E-state index contributed by atoms with van der Waals surface area (Å²) in [5, 5.41) is 3.24. The van der Waals surface area contributed by atoms with Gasteiger partial charge in [-0.15, -0.1) is 0 Å². The first-order valence-electron chi connectivity index (χ1n) is 12.2. The van der Waals surface area contributed by atoms with Gasteiger partial charge in [0.25, 0.3) is 10.0 Å². The molecule has 0 aliphatic heterocycles. The predicted octanol–water partition coefficient (Wildman–Crippen LogP) is 5.52. The van der Waals surface area contributed by atoms with Gasteiger partial charge in [0.1, 0.15) is 12.6 Å². The second-order valence-corrected chi connectivity index (χ2v) is 11.7. The first kappa shape index (κ1) is 29.5. The van der Waals surface area contributed by atoms with Crippen molar-refractivity contribution in [3.05, 3.63) is 94.5 Å². The lowest BCUT2D eigenvalue weighted by atomic mass is 10.1. The maximum Gasteiger partial charge on any atom is 0.264 e. The van der Waals surface area contributed by atoms with E-state index in [-0.39, 0.29) is 39.1 Å². The van der Waals surface area contributed by atoms with E-state index in [1.165, 1.54) is 35.2 Å². The van der Waals surface area contributed by atoms with Crippen LogP contribution in [0.1, 0.15) is 32.8 Å². The molecule has 3 aromatic carbocycles. The highest BCUT2D eigenvalue weighted by atomic mass is 35.5. The van der Waals surface area contributed by atoms with E-state index in [1.54, 1.807) is 18.2 Å². The average Bonchev–Trinajstić information content (AvgIpc) is 2.89. The highest BCUT2D eigenvalue weighted by Gasteiger charge is 2.34. The van der Waals surface area contributed by atoms with E-state index < -0.39 is 28.5 Å². The van der Waals surface area contributed by atoms with E-state index in [2.05, 4.69) is 5.32 Å². The van der Waals surface area contributed by atoms with Gasteiger partial charge in [-0.3, -0.25) is 13.9 Å². The normalized spacial score (nSPS) is 12.2. The Balaban J connectivity index is 2.08. The molecule has 0 aliphatic carbocycles. The molecule has 0 spiro atoms. The van der Waals surface area contributed by atoms with E-state index in [9.17, 15) is 18.0 Å². The van der Waals surface area contributed by atoms with Crippen LogP contribution >= 0.6 is 23.2 Å². The van der Waals surface area contributed by atoms with Crippen molar-refractivity contribution in [2.45, 2.75) is 50.7 Å². The summed E-state index contributed by atoms with van der Waals surface area (Å²) < 4.78 is 28.6. The van der Waals surface area contributed by atoms with Gasteiger partial charge in [0.2, 0.25) is 11.8 Å². The number of benzene rings is 3. The number of hydrogen-bond acceptors (Lipinski definition) is 4. The number of anilines is 1. The van der Waals surface area contributed by atoms with Gasteiger partial charge in [0.15, 0.2) is 0 Å². The molecule has 0 heterocycles. The van der Waals surface area contributed by atoms with Crippen LogP contribution in [-0.2, 0) is 26.2 Å². The number of rotatable bonds is 11. The Kier molecular flexibility index (Phi) is 10.2. The van der Waals surface area contributed by atoms with Gasteiger partial charge < -0.3 is 10.2 Å². The molecule has 0 aromatic heterocycles. The van der Waals surface area contributed by atoms with Crippen LogP contribution in [0.15, 0.2) is 83.8 Å². The SMILES string of the molecule is CCC(C(=O)NC(C)C)N(Cc1ccccc1)C(=O)CN(c1cc(Cl)ccc1Cl)S(=O)(=O)c1ccccc1. The quantitative estimate of drug-likeness (QED) is 0.326. The summed E-state index contributed by atoms with van der Waals surface area (Å²) in [6.45, 7) is 5.01. The Labute approximate surface area is 234 Å². The van der Waals surface area contributed by atoms with Crippen LogP contribution in [-0.4, -0.2) is 43.8 Å². The van der Waals surface area contributed by atoms with E-state index >= 15 is 0 Å². The van der Waals surface area contributed by atoms with Gasteiger partial charge in [-0.05, 0) is 56.2 Å². The van der Waals surface area contributed by atoms with Crippen LogP contribution in [0.4, 0.5) is 5.69 Å². The molecule has 1 N–H and O–H groups in total. The number of nitrogens with one attached hydrogen (secondary N) is 1. The van der Waals surface area contributed by atoms with Crippen molar-refractivity contribution in [3.8, 4) is 0 Å². The third-order valence-corrected chi connectivity index (χ3v) is 8.13. The van der Waals surface area contributed by atoms with Crippen LogP contribution in [0.2, 0.25) is 10.0 Å². The number of sulfonamides is 1. The van der Waals surface area contributed by atoms with Gasteiger partial charge >= 0.3 is 0 Å². The second kappa shape index (κ2) is 13.1. The minimum atomic E-state index is -4.22. The van der Waals surface area contributed by atoms with Crippen LogP contribution in [0.5, 0.6) is 0 Å². The molecule has 2 amide bonds. The maximum absolute atomic E-state index is 14.0. The van der Waals surface area contributed by atoms with Crippen LogP contribution in [0, 0.1) is 0 Å². The molecule has 3 aromatic rings. The molecule has 0 aliphatic rings. The molecular formula is C28H31Cl2N3O4S. The summed E-state index contributed by atoms with van der Waals surface area (Å²) in [6, 6.07) is 20.5. The Hall–Kier alpha value is -3.07. The number of hydrogen-bond donors (Lipinski definition) is 1. The molecular weight excluding hydrogens is 545 g/mol. The van der Waals surface area contributed by atoms with Crippen molar-refractivity contribution in [2.75, 3.05) is 10.8 Å². The zero-order valence-electron chi connectivity index (χ0n) is 21.5. The Bertz CT molecular complexity index is 1350. The Morgan fingerprint density at radius 3 is 2.11 bits per heavy atom. The molecule has 7 nitrogen and oxygen atoms in total. The van der Waals surface area contributed by atoms with E-state index in [1.807, 2.05) is 51.1 Å². The molecule has 3 rings (SSSR count). The molecule has 0 saturated heterocycles. The first-order chi connectivity index (χ1) is 18.0. The number of carbonyl (C=O) groups is 2. The molecule has 0 fully saturated rings. The minimum absolute atomic E-state index is 0.0111. The summed E-state index contributed by atoms with van der Waals surface area (Å²) >= 11 is 12.6. The first-order valence-corrected chi connectivity index (χ1v) is 14.4. The molecule has 38 heavy (non-hydrogen) atoms. The summed E-state index contributed by atoms with van der Waals surface area (Å²) in [4.78, 5) is 28.5. The van der Waals surface area contributed by atoms with Crippen molar-refractivity contribution in [2.24, 2.45) is 0 Å². The number of carbonyl (C=O) groups excluding carboxylic acids is 2. The topological polar surface area (TPSA) is 86.8 Å². The van der Waals surface area contributed by atoms with Crippen molar-refractivity contribution in [3.63, 3.8) is 0 Å². The predicted molar refractivity (Wildman–Crippen MR) is 152 cm³/mol. The third kappa shape index (κ3) is 7.28. The molecule has 0 saturated carbocycles. The minimum Gasteiger partial charge on any atom is -0.352 e. The second-order valence-electron chi connectivity index (χ2n) is 9.02. The number of halogens is 2. The molecule has 10 heteroatoms. The highest BCUT2D eigenvalue weighted by molar-refractivity contribution is 7.92. The maximum atomic E-state index is 14.0. The molecule has 1 atom stereocenters. The average molecular weight is 577 g/mol. The van der Waals surface area contributed by atoms with E-state index in [0.717, 1.165) is 9.87 Å². The van der Waals surface area contributed by atoms with Crippen LogP contribution < -0.4 is 9.62 Å². The molecule has 1 unspecified atom stereocenters. The number of amides is 2. The smallest absolute Gasteiger partial charge is 0.264 e. The fraction of sp³-hybridized carbons (Fsp3) is 0.286. The van der Waals surface area contributed by atoms with Gasteiger partial charge in [-0.25, -0.2) is 8.42 Å². The van der Waals surface area contributed by atoms with E-state index in [4.69, 9.17) is 23.2 Å². The summed E-state index contributed by atoms with van der Waals surface area (Å²) in [7, 11) is -4.22. The van der Waals surface area contributed by atoms with Crippen molar-refractivity contribution < 1.29 is 18.0 Å². The molecule has 0 bridgehead atoms. The Morgan fingerprint density at radius 1 is 0.921 bits per heavy atom. The summed E-state index contributed by atoms with van der Waals surface area (Å²) in [6.07, 6.45) is 0.334. The summed E-state index contributed by atoms with van der Waals surface area (Å²) in [5.74, 6) is -0.875. The third-order valence-electron chi connectivity index (χ3n) is 5.80. The van der Waals surface area contributed by atoms with Gasteiger partial charge in [-0.2, -0.15) is 0 Å². The van der Waals surface area contributed by atoms with E-state index in [0.29, 0.717) is 6.42 Å². The zero-order valence-corrected chi connectivity index (χ0v) is 23.8. The molecule has 202 valence electrons. The number of nitrogens with zero attached hydrogens (tertiary/aromatic N) is 2. The highest BCUT2D eigenvalue weighted by Crippen LogP contribution is 2.33.